The van der Waals surface area contributed by atoms with E-state index >= 15 is 0 Å². The number of ether oxygens (including phenoxy) is 1. The molecule has 1 aromatic rings. The zero-order chi connectivity index (χ0) is 20.8. The summed E-state index contributed by atoms with van der Waals surface area (Å²) in [5.41, 5.74) is 8.36. The van der Waals surface area contributed by atoms with Gasteiger partial charge in [-0.25, -0.2) is 10.3 Å². The lowest BCUT2D eigenvalue weighted by atomic mass is 10.1. The maximum atomic E-state index is 12.5. The molecule has 7 heteroatoms. The number of hydroxylamine groups is 1. The van der Waals surface area contributed by atoms with Gasteiger partial charge in [-0.1, -0.05) is 43.2 Å². The first-order valence-corrected chi connectivity index (χ1v) is 9.97. The zero-order valence-electron chi connectivity index (χ0n) is 17.3. The third-order valence-electron chi connectivity index (χ3n) is 3.95. The summed E-state index contributed by atoms with van der Waals surface area (Å²) in [6.45, 7) is 6.45. The molecular weight excluding hydrogens is 358 g/mol. The summed E-state index contributed by atoms with van der Waals surface area (Å²) in [5, 5.41) is 2.65. The van der Waals surface area contributed by atoms with Crippen LogP contribution in [0.5, 0.6) is 0 Å². The molecule has 1 aromatic carbocycles. The van der Waals surface area contributed by atoms with Crippen LogP contribution in [0.2, 0.25) is 0 Å². The van der Waals surface area contributed by atoms with Gasteiger partial charge >= 0.3 is 6.09 Å². The Bertz CT molecular complexity index is 573. The summed E-state index contributed by atoms with van der Waals surface area (Å²) in [7, 11) is 0. The van der Waals surface area contributed by atoms with Crippen LogP contribution in [0.1, 0.15) is 58.4 Å². The molecule has 0 aliphatic heterocycles. The van der Waals surface area contributed by atoms with Crippen molar-refractivity contribution in [3.05, 3.63) is 35.9 Å². The monoisotopic (exact) mass is 393 g/mol. The van der Waals surface area contributed by atoms with Gasteiger partial charge in [-0.05, 0) is 58.6 Å². The molecule has 2 amide bonds. The third kappa shape index (κ3) is 11.6. The van der Waals surface area contributed by atoms with E-state index in [1.807, 2.05) is 30.3 Å². The molecule has 0 heterocycles. The van der Waals surface area contributed by atoms with Crippen molar-refractivity contribution in [3.8, 4) is 0 Å². The van der Waals surface area contributed by atoms with Crippen molar-refractivity contribution >= 4 is 12.0 Å². The first-order chi connectivity index (χ1) is 13.3. The van der Waals surface area contributed by atoms with Gasteiger partial charge in [0.15, 0.2) is 0 Å². The lowest BCUT2D eigenvalue weighted by Crippen LogP contribution is -2.48. The molecule has 1 unspecified atom stereocenters. The van der Waals surface area contributed by atoms with Crippen LogP contribution < -0.4 is 16.5 Å². The van der Waals surface area contributed by atoms with E-state index in [0.29, 0.717) is 26.0 Å². The second-order valence-electron chi connectivity index (χ2n) is 7.74. The highest BCUT2D eigenvalue weighted by atomic mass is 16.7. The number of carbonyl (C=O) groups is 2. The number of alkyl carbamates (subject to hydrolysis) is 1. The van der Waals surface area contributed by atoms with Crippen LogP contribution in [0, 0.1) is 0 Å². The number of unbranched alkanes of at least 4 members (excludes halogenated alkanes) is 3. The minimum absolute atomic E-state index is 0.385. The van der Waals surface area contributed by atoms with Crippen LogP contribution >= 0.6 is 0 Å². The normalized spacial score (nSPS) is 12.3. The number of rotatable bonds is 12. The van der Waals surface area contributed by atoms with Gasteiger partial charge in [0, 0.05) is 0 Å². The molecule has 0 radical (unpaired) electrons. The largest absolute Gasteiger partial charge is 0.444 e. The molecular formula is C21H35N3O4. The summed E-state index contributed by atoms with van der Waals surface area (Å²) in [6.07, 6.45) is 4.35. The van der Waals surface area contributed by atoms with Crippen LogP contribution in [0.3, 0.4) is 0 Å². The average Bonchev–Trinajstić information content (AvgIpc) is 2.63. The number of hydrogen-bond donors (Lipinski definition) is 3. The number of nitrogens with one attached hydrogen (secondary N) is 2. The fraction of sp³-hybridized carbons (Fsp3) is 0.619. The highest BCUT2D eigenvalue weighted by Crippen LogP contribution is 2.09. The second-order valence-corrected chi connectivity index (χ2v) is 7.74. The molecule has 0 saturated heterocycles. The Labute approximate surface area is 168 Å². The third-order valence-corrected chi connectivity index (χ3v) is 3.95. The lowest BCUT2D eigenvalue weighted by Gasteiger charge is -2.23. The van der Waals surface area contributed by atoms with Crippen molar-refractivity contribution in [3.63, 3.8) is 0 Å². The molecule has 158 valence electrons. The molecule has 0 aromatic heterocycles. The molecule has 0 saturated carbocycles. The summed E-state index contributed by atoms with van der Waals surface area (Å²) < 4.78 is 5.27. The van der Waals surface area contributed by atoms with E-state index in [1.54, 1.807) is 20.8 Å². The SMILES string of the molecule is CC(C)(C)OC(=O)NC(CCc1ccccc1)C(=O)NOCCCCCCN. The molecule has 0 fully saturated rings. The van der Waals surface area contributed by atoms with Crippen LogP contribution in [-0.2, 0) is 20.8 Å². The van der Waals surface area contributed by atoms with Crippen molar-refractivity contribution < 1.29 is 19.2 Å². The Kier molecular flexibility index (Phi) is 11.2. The molecule has 0 bridgehead atoms. The Morgan fingerprint density at radius 3 is 2.39 bits per heavy atom. The van der Waals surface area contributed by atoms with E-state index < -0.39 is 17.7 Å². The molecule has 4 N–H and O–H groups in total. The lowest BCUT2D eigenvalue weighted by molar-refractivity contribution is -0.136. The highest BCUT2D eigenvalue weighted by Gasteiger charge is 2.24. The summed E-state index contributed by atoms with van der Waals surface area (Å²) in [6, 6.07) is 9.06. The molecule has 1 atom stereocenters. The van der Waals surface area contributed by atoms with Crippen LogP contribution in [0.25, 0.3) is 0 Å². The van der Waals surface area contributed by atoms with E-state index in [2.05, 4.69) is 10.8 Å². The topological polar surface area (TPSA) is 103 Å². The fourth-order valence-electron chi connectivity index (χ4n) is 2.54. The number of aryl methyl sites for hydroxylation is 1. The standard InChI is InChI=1S/C21H35N3O4/c1-21(2,3)28-20(26)23-18(14-13-17-11-7-6-8-12-17)19(25)24-27-16-10-5-4-9-15-22/h6-8,11-12,18H,4-5,9-10,13-16,22H2,1-3H3,(H,23,26)(H,24,25). The van der Waals surface area contributed by atoms with Crippen molar-refractivity contribution in [2.45, 2.75) is 70.9 Å². The van der Waals surface area contributed by atoms with Crippen molar-refractivity contribution in [1.82, 2.24) is 10.8 Å². The summed E-state index contributed by atoms with van der Waals surface area (Å²) >= 11 is 0. The van der Waals surface area contributed by atoms with Gasteiger partial charge in [0.05, 0.1) is 6.61 Å². The van der Waals surface area contributed by atoms with E-state index in [-0.39, 0.29) is 5.91 Å². The molecule has 0 spiro atoms. The van der Waals surface area contributed by atoms with Crippen LogP contribution in [0.15, 0.2) is 30.3 Å². The number of amides is 2. The number of hydrogen-bond acceptors (Lipinski definition) is 5. The van der Waals surface area contributed by atoms with Gasteiger partial charge < -0.3 is 15.8 Å². The first kappa shape index (κ1) is 23.9. The summed E-state index contributed by atoms with van der Waals surface area (Å²) in [5.74, 6) is -0.385. The van der Waals surface area contributed by atoms with E-state index in [4.69, 9.17) is 15.3 Å². The number of benzene rings is 1. The maximum Gasteiger partial charge on any atom is 0.408 e. The van der Waals surface area contributed by atoms with Gasteiger partial charge in [-0.3, -0.25) is 9.63 Å². The Hall–Kier alpha value is -2.12. The average molecular weight is 394 g/mol. The van der Waals surface area contributed by atoms with Crippen LogP contribution in [0.4, 0.5) is 4.79 Å². The van der Waals surface area contributed by atoms with Gasteiger partial charge in [-0.2, -0.15) is 0 Å². The first-order valence-electron chi connectivity index (χ1n) is 9.97. The molecule has 1 rings (SSSR count). The minimum Gasteiger partial charge on any atom is -0.444 e. The maximum absolute atomic E-state index is 12.5. The Morgan fingerprint density at radius 1 is 1.07 bits per heavy atom. The highest BCUT2D eigenvalue weighted by molar-refractivity contribution is 5.84. The van der Waals surface area contributed by atoms with E-state index in [1.165, 1.54) is 0 Å². The molecule has 28 heavy (non-hydrogen) atoms. The van der Waals surface area contributed by atoms with E-state index in [0.717, 1.165) is 31.2 Å². The minimum atomic E-state index is -0.743. The van der Waals surface area contributed by atoms with E-state index in [9.17, 15) is 9.59 Å². The molecule has 0 aliphatic rings. The van der Waals surface area contributed by atoms with Gasteiger partial charge in [-0.15, -0.1) is 0 Å². The Morgan fingerprint density at radius 2 is 1.75 bits per heavy atom. The summed E-state index contributed by atoms with van der Waals surface area (Å²) in [4.78, 5) is 29.8. The fourth-order valence-corrected chi connectivity index (χ4v) is 2.54. The van der Waals surface area contributed by atoms with Crippen LogP contribution in [-0.4, -0.2) is 36.8 Å². The van der Waals surface area contributed by atoms with Gasteiger partial charge in [0.2, 0.25) is 0 Å². The smallest absolute Gasteiger partial charge is 0.408 e. The van der Waals surface area contributed by atoms with Crippen molar-refractivity contribution in [2.24, 2.45) is 5.73 Å². The quantitative estimate of drug-likeness (QED) is 0.374. The van der Waals surface area contributed by atoms with Gasteiger partial charge in [0.1, 0.15) is 11.6 Å². The van der Waals surface area contributed by atoms with Gasteiger partial charge in [0.25, 0.3) is 5.91 Å². The number of nitrogens with two attached hydrogens (primary N) is 1. The van der Waals surface area contributed by atoms with Crippen molar-refractivity contribution in [1.29, 1.82) is 0 Å². The predicted molar refractivity (Wildman–Crippen MR) is 110 cm³/mol. The Balaban J connectivity index is 2.50. The zero-order valence-corrected chi connectivity index (χ0v) is 17.3. The number of carbonyl (C=O) groups excluding carboxylic acids is 2. The van der Waals surface area contributed by atoms with Crippen molar-refractivity contribution in [2.75, 3.05) is 13.2 Å². The molecule has 7 nitrogen and oxygen atoms in total. The second kappa shape index (κ2) is 13.1. The molecule has 0 aliphatic carbocycles. The predicted octanol–water partition coefficient (Wildman–Crippen LogP) is 3.08.